The molecule has 1 saturated carbocycles. The lowest BCUT2D eigenvalue weighted by molar-refractivity contribution is -0.337. The van der Waals surface area contributed by atoms with Crippen LogP contribution in [0.3, 0.4) is 0 Å². The van der Waals surface area contributed by atoms with Crippen molar-refractivity contribution in [1.82, 2.24) is 0 Å². The van der Waals surface area contributed by atoms with E-state index in [4.69, 9.17) is 14.9 Å². The van der Waals surface area contributed by atoms with Crippen molar-refractivity contribution in [1.29, 1.82) is 0 Å². The van der Waals surface area contributed by atoms with Gasteiger partial charge in [0, 0.05) is 18.8 Å². The third-order valence-electron chi connectivity index (χ3n) is 5.51. The fraction of sp³-hybridized carbons (Fsp3) is 0.850. The molecule has 0 aromatic carbocycles. The van der Waals surface area contributed by atoms with Crippen LogP contribution in [0.25, 0.3) is 0 Å². The number of unbranched alkanes of at least 4 members (excludes halogenated alkanes) is 5. The summed E-state index contributed by atoms with van der Waals surface area (Å²) in [7, 11) is 0. The summed E-state index contributed by atoms with van der Waals surface area (Å²) in [5.74, 6) is 0.0808. The molecule has 2 bridgehead atoms. The Morgan fingerprint density at radius 3 is 2.64 bits per heavy atom. The normalized spacial score (nSPS) is 29.5. The summed E-state index contributed by atoms with van der Waals surface area (Å²) in [6, 6.07) is 0. The van der Waals surface area contributed by atoms with Crippen molar-refractivity contribution in [3.8, 4) is 0 Å². The average Bonchev–Trinajstić information content (AvgIpc) is 3.17. The van der Waals surface area contributed by atoms with E-state index in [1.165, 1.54) is 12.8 Å². The summed E-state index contributed by atoms with van der Waals surface area (Å²) in [6.07, 6.45) is 14.5. The van der Waals surface area contributed by atoms with Crippen LogP contribution in [0, 0.1) is 11.8 Å². The van der Waals surface area contributed by atoms with Gasteiger partial charge in [-0.2, -0.15) is 0 Å². The van der Waals surface area contributed by atoms with E-state index in [1.54, 1.807) is 0 Å². The first-order chi connectivity index (χ1) is 12.1. The molecular weight excluding hydrogens is 320 g/mol. The molecule has 2 rings (SSSR count). The highest BCUT2D eigenvalue weighted by molar-refractivity contribution is 5.66. The Morgan fingerprint density at radius 2 is 1.88 bits per heavy atom. The van der Waals surface area contributed by atoms with Crippen LogP contribution in [-0.4, -0.2) is 34.5 Å². The van der Waals surface area contributed by atoms with E-state index >= 15 is 0 Å². The van der Waals surface area contributed by atoms with Gasteiger partial charge in [-0.1, -0.05) is 57.6 Å². The first kappa shape index (κ1) is 20.4. The van der Waals surface area contributed by atoms with Crippen molar-refractivity contribution >= 4 is 5.97 Å². The summed E-state index contributed by atoms with van der Waals surface area (Å²) in [6.45, 7) is 2.17. The number of carbonyl (C=O) groups is 1. The molecule has 1 aliphatic heterocycles. The van der Waals surface area contributed by atoms with Crippen molar-refractivity contribution in [3.05, 3.63) is 12.2 Å². The minimum atomic E-state index is -0.707. The van der Waals surface area contributed by atoms with E-state index in [0.29, 0.717) is 11.8 Å². The monoisotopic (exact) mass is 354 g/mol. The zero-order chi connectivity index (χ0) is 18.1. The smallest absolute Gasteiger partial charge is 0.303 e. The van der Waals surface area contributed by atoms with Crippen LogP contribution in [0.15, 0.2) is 12.2 Å². The summed E-state index contributed by atoms with van der Waals surface area (Å²) in [5.41, 5.74) is 0. The standard InChI is InChI=1S/C20H34O5/c1-2-3-6-9-15(21)12-13-17-16(18-14-19(17)25-24-18)10-7-4-5-8-11-20(22)23/h12-13,15-19,21H,2-11,14H2,1H3,(H,22,23)/b13-12+/t15-,16?,17+,18?,19?/m0/s1. The first-order valence-corrected chi connectivity index (χ1v) is 10.0. The molecule has 2 aliphatic rings. The molecule has 5 nitrogen and oxygen atoms in total. The molecule has 5 heteroatoms. The van der Waals surface area contributed by atoms with Gasteiger partial charge in [0.2, 0.25) is 0 Å². The summed E-state index contributed by atoms with van der Waals surface area (Å²) >= 11 is 0. The second-order valence-electron chi connectivity index (χ2n) is 7.54. The fourth-order valence-electron chi connectivity index (χ4n) is 4.05. The van der Waals surface area contributed by atoms with Crippen LogP contribution in [0.1, 0.15) is 77.6 Å². The van der Waals surface area contributed by atoms with Gasteiger partial charge in [0.1, 0.15) is 6.10 Å². The Morgan fingerprint density at radius 1 is 1.12 bits per heavy atom. The van der Waals surface area contributed by atoms with Crippen molar-refractivity contribution in [2.24, 2.45) is 11.8 Å². The Labute approximate surface area is 151 Å². The van der Waals surface area contributed by atoms with Gasteiger partial charge >= 0.3 is 5.97 Å². The number of aliphatic hydroxyl groups is 1. The number of hydrogen-bond acceptors (Lipinski definition) is 4. The number of rotatable bonds is 13. The van der Waals surface area contributed by atoms with Crippen LogP contribution < -0.4 is 0 Å². The molecule has 0 aromatic rings. The quantitative estimate of drug-likeness (QED) is 0.294. The van der Waals surface area contributed by atoms with Gasteiger partial charge in [0.05, 0.1) is 12.2 Å². The van der Waals surface area contributed by atoms with Gasteiger partial charge < -0.3 is 10.2 Å². The van der Waals surface area contributed by atoms with E-state index in [9.17, 15) is 9.90 Å². The molecule has 0 spiro atoms. The van der Waals surface area contributed by atoms with Gasteiger partial charge in [-0.25, -0.2) is 9.78 Å². The van der Waals surface area contributed by atoms with E-state index in [-0.39, 0.29) is 24.7 Å². The molecule has 2 fully saturated rings. The SMILES string of the molecule is CCCCC[C@H](O)/C=C/[C@H]1C2CC(OO2)C1CCCCCCC(=O)O. The minimum Gasteiger partial charge on any atom is -0.481 e. The summed E-state index contributed by atoms with van der Waals surface area (Å²) in [4.78, 5) is 21.3. The van der Waals surface area contributed by atoms with Crippen molar-refractivity contribution in [3.63, 3.8) is 0 Å². The number of carboxylic acids is 1. The number of carboxylic acid groups (broad SMARTS) is 1. The second-order valence-corrected chi connectivity index (χ2v) is 7.54. The maximum Gasteiger partial charge on any atom is 0.303 e. The number of fused-ring (bicyclic) bond motifs is 2. The third-order valence-corrected chi connectivity index (χ3v) is 5.51. The fourth-order valence-corrected chi connectivity index (χ4v) is 4.05. The van der Waals surface area contributed by atoms with Gasteiger partial charge in [0.25, 0.3) is 0 Å². The Kier molecular flexibility index (Phi) is 8.93. The van der Waals surface area contributed by atoms with Crippen LogP contribution in [-0.2, 0) is 14.6 Å². The molecule has 144 valence electrons. The number of hydrogen-bond donors (Lipinski definition) is 2. The maximum atomic E-state index is 10.5. The number of aliphatic carboxylic acids is 1. The first-order valence-electron chi connectivity index (χ1n) is 10.0. The molecule has 0 radical (unpaired) electrons. The van der Waals surface area contributed by atoms with Gasteiger partial charge in [-0.3, -0.25) is 4.79 Å². The molecule has 2 N–H and O–H groups in total. The second kappa shape index (κ2) is 10.9. The Balaban J connectivity index is 1.71. The van der Waals surface area contributed by atoms with Gasteiger partial charge in [0.15, 0.2) is 0 Å². The predicted molar refractivity (Wildman–Crippen MR) is 96.0 cm³/mol. The van der Waals surface area contributed by atoms with Crippen molar-refractivity contribution in [2.45, 2.75) is 95.9 Å². The lowest BCUT2D eigenvalue weighted by Crippen LogP contribution is -2.29. The molecular formula is C20H34O5. The lowest BCUT2D eigenvalue weighted by Gasteiger charge is -2.28. The van der Waals surface area contributed by atoms with Crippen LogP contribution in [0.5, 0.6) is 0 Å². The van der Waals surface area contributed by atoms with Crippen molar-refractivity contribution < 1.29 is 24.8 Å². The highest BCUT2D eigenvalue weighted by Gasteiger charge is 2.49. The molecule has 0 amide bonds. The van der Waals surface area contributed by atoms with Crippen LogP contribution in [0.4, 0.5) is 0 Å². The van der Waals surface area contributed by atoms with Crippen molar-refractivity contribution in [2.75, 3.05) is 0 Å². The number of aliphatic hydroxyl groups excluding tert-OH is 1. The van der Waals surface area contributed by atoms with E-state index in [0.717, 1.165) is 51.4 Å². The third kappa shape index (κ3) is 6.72. The van der Waals surface area contributed by atoms with E-state index < -0.39 is 5.97 Å². The Bertz CT molecular complexity index is 422. The summed E-state index contributed by atoms with van der Waals surface area (Å²) in [5, 5.41) is 18.8. The average molecular weight is 354 g/mol. The van der Waals surface area contributed by atoms with E-state index in [1.807, 2.05) is 6.08 Å². The minimum absolute atomic E-state index is 0.126. The molecule has 5 atom stereocenters. The maximum absolute atomic E-state index is 10.5. The molecule has 25 heavy (non-hydrogen) atoms. The van der Waals surface area contributed by atoms with E-state index in [2.05, 4.69) is 13.0 Å². The van der Waals surface area contributed by atoms with Gasteiger partial charge in [-0.15, -0.1) is 0 Å². The zero-order valence-electron chi connectivity index (χ0n) is 15.4. The summed E-state index contributed by atoms with van der Waals surface area (Å²) < 4.78 is 0. The largest absolute Gasteiger partial charge is 0.481 e. The highest BCUT2D eigenvalue weighted by Crippen LogP contribution is 2.45. The molecule has 1 aliphatic carbocycles. The molecule has 1 heterocycles. The molecule has 1 saturated heterocycles. The Hall–Kier alpha value is -0.910. The lowest BCUT2D eigenvalue weighted by atomic mass is 9.87. The molecule has 3 unspecified atom stereocenters. The molecule has 0 aromatic heterocycles. The van der Waals surface area contributed by atoms with Gasteiger partial charge in [-0.05, 0) is 25.2 Å². The topological polar surface area (TPSA) is 76.0 Å². The predicted octanol–water partition coefficient (Wildman–Crippen LogP) is 4.24. The van der Waals surface area contributed by atoms with Crippen LogP contribution in [0.2, 0.25) is 0 Å². The zero-order valence-corrected chi connectivity index (χ0v) is 15.4. The highest BCUT2D eigenvalue weighted by atomic mass is 17.2. The van der Waals surface area contributed by atoms with Crippen LogP contribution >= 0.6 is 0 Å².